The van der Waals surface area contributed by atoms with Crippen molar-refractivity contribution in [2.24, 2.45) is 5.92 Å². The molecular formula is C15H16N2O2. The van der Waals surface area contributed by atoms with Crippen LogP contribution in [0.3, 0.4) is 0 Å². The maximum absolute atomic E-state index is 12.1. The highest BCUT2D eigenvalue weighted by Crippen LogP contribution is 2.34. The third-order valence-corrected chi connectivity index (χ3v) is 3.67. The van der Waals surface area contributed by atoms with E-state index in [0.717, 1.165) is 16.5 Å². The van der Waals surface area contributed by atoms with Crippen molar-refractivity contribution < 1.29 is 9.90 Å². The molecule has 1 amide bonds. The molecule has 1 atom stereocenters. The number of nitrogens with zero attached hydrogens (tertiary/aromatic N) is 1. The van der Waals surface area contributed by atoms with Gasteiger partial charge in [0.2, 0.25) is 5.91 Å². The zero-order valence-electron chi connectivity index (χ0n) is 10.5. The van der Waals surface area contributed by atoms with Crippen molar-refractivity contribution in [2.75, 3.05) is 23.8 Å². The molecule has 4 heteroatoms. The Bertz CT molecular complexity index is 634. The number of carbonyl (C=O) groups is 1. The molecule has 1 saturated heterocycles. The molecule has 0 saturated carbocycles. The zero-order valence-corrected chi connectivity index (χ0v) is 10.5. The van der Waals surface area contributed by atoms with Gasteiger partial charge in [-0.05, 0) is 17.5 Å². The van der Waals surface area contributed by atoms with Gasteiger partial charge in [0, 0.05) is 36.6 Å². The smallest absolute Gasteiger partial charge is 0.227 e. The van der Waals surface area contributed by atoms with Gasteiger partial charge in [-0.1, -0.05) is 24.3 Å². The first-order chi connectivity index (χ1) is 9.20. The molecular weight excluding hydrogens is 240 g/mol. The lowest BCUT2D eigenvalue weighted by molar-refractivity contribution is -0.117. The lowest BCUT2D eigenvalue weighted by atomic mass is 10.1. The summed E-state index contributed by atoms with van der Waals surface area (Å²) in [6.07, 6.45) is 0.402. The number of amides is 1. The van der Waals surface area contributed by atoms with Gasteiger partial charge in [0.05, 0.1) is 5.69 Å². The first-order valence-corrected chi connectivity index (χ1v) is 6.39. The minimum atomic E-state index is 0.0210. The Balaban J connectivity index is 2.13. The third-order valence-electron chi connectivity index (χ3n) is 3.67. The Morgan fingerprint density at radius 3 is 2.68 bits per heavy atom. The third kappa shape index (κ3) is 1.94. The Labute approximate surface area is 111 Å². The number of rotatable bonds is 2. The number of aliphatic hydroxyl groups excluding tert-OH is 1. The SMILES string of the molecule is Nc1cccc2cccc(N3CC(CO)CC3=O)c12. The fraction of sp³-hybridized carbons (Fsp3) is 0.267. The highest BCUT2D eigenvalue weighted by atomic mass is 16.3. The van der Waals surface area contributed by atoms with E-state index < -0.39 is 0 Å². The molecule has 1 aliphatic rings. The Kier molecular flexibility index (Phi) is 2.87. The second-order valence-corrected chi connectivity index (χ2v) is 4.98. The van der Waals surface area contributed by atoms with E-state index in [0.29, 0.717) is 18.7 Å². The van der Waals surface area contributed by atoms with E-state index in [4.69, 9.17) is 5.73 Å². The molecule has 2 aromatic rings. The van der Waals surface area contributed by atoms with Crippen LogP contribution in [0.25, 0.3) is 10.8 Å². The molecule has 19 heavy (non-hydrogen) atoms. The summed E-state index contributed by atoms with van der Waals surface area (Å²) in [4.78, 5) is 13.8. The summed E-state index contributed by atoms with van der Waals surface area (Å²) in [6.45, 7) is 0.602. The van der Waals surface area contributed by atoms with Crippen molar-refractivity contribution in [1.82, 2.24) is 0 Å². The molecule has 1 heterocycles. The van der Waals surface area contributed by atoms with Crippen molar-refractivity contribution in [3.05, 3.63) is 36.4 Å². The number of hydrogen-bond donors (Lipinski definition) is 2. The number of hydrogen-bond acceptors (Lipinski definition) is 3. The van der Waals surface area contributed by atoms with Crippen LogP contribution >= 0.6 is 0 Å². The summed E-state index contributed by atoms with van der Waals surface area (Å²) in [6, 6.07) is 11.6. The number of fused-ring (bicyclic) bond motifs is 1. The van der Waals surface area contributed by atoms with Gasteiger partial charge in [-0.15, -0.1) is 0 Å². The largest absolute Gasteiger partial charge is 0.398 e. The summed E-state index contributed by atoms with van der Waals surface area (Å²) in [7, 11) is 0. The first-order valence-electron chi connectivity index (χ1n) is 6.39. The summed E-state index contributed by atoms with van der Waals surface area (Å²) < 4.78 is 0. The first kappa shape index (κ1) is 12.0. The van der Waals surface area contributed by atoms with E-state index in [2.05, 4.69) is 0 Å². The van der Waals surface area contributed by atoms with Gasteiger partial charge in [-0.25, -0.2) is 0 Å². The lowest BCUT2D eigenvalue weighted by Crippen LogP contribution is -2.25. The number of anilines is 2. The van der Waals surface area contributed by atoms with Crippen LogP contribution in [0.4, 0.5) is 11.4 Å². The van der Waals surface area contributed by atoms with Gasteiger partial charge >= 0.3 is 0 Å². The van der Waals surface area contributed by atoms with Crippen LogP contribution in [0, 0.1) is 5.92 Å². The van der Waals surface area contributed by atoms with Crippen molar-refractivity contribution in [1.29, 1.82) is 0 Å². The van der Waals surface area contributed by atoms with Gasteiger partial charge in [-0.3, -0.25) is 4.79 Å². The summed E-state index contributed by atoms with van der Waals surface area (Å²) >= 11 is 0. The summed E-state index contributed by atoms with van der Waals surface area (Å²) in [5, 5.41) is 11.2. The van der Waals surface area contributed by atoms with Crippen LogP contribution in [0.1, 0.15) is 6.42 Å². The molecule has 98 valence electrons. The fourth-order valence-corrected chi connectivity index (χ4v) is 2.71. The van der Waals surface area contributed by atoms with E-state index in [-0.39, 0.29) is 18.4 Å². The summed E-state index contributed by atoms with van der Waals surface area (Å²) in [5.41, 5.74) is 7.57. The number of carbonyl (C=O) groups excluding carboxylic acids is 1. The molecule has 1 unspecified atom stereocenters. The van der Waals surface area contributed by atoms with Crippen LogP contribution in [0.15, 0.2) is 36.4 Å². The topological polar surface area (TPSA) is 66.6 Å². The Hall–Kier alpha value is -2.07. The van der Waals surface area contributed by atoms with E-state index in [1.54, 1.807) is 4.90 Å². The molecule has 3 rings (SSSR count). The Morgan fingerprint density at radius 2 is 2.00 bits per heavy atom. The van der Waals surface area contributed by atoms with E-state index >= 15 is 0 Å². The Morgan fingerprint density at radius 1 is 1.26 bits per heavy atom. The zero-order chi connectivity index (χ0) is 13.4. The molecule has 1 fully saturated rings. The standard InChI is InChI=1S/C15H16N2O2/c16-12-5-1-3-11-4-2-6-13(15(11)12)17-8-10(9-18)7-14(17)19/h1-6,10,18H,7-9,16H2. The molecule has 0 bridgehead atoms. The monoisotopic (exact) mass is 256 g/mol. The molecule has 0 spiro atoms. The van der Waals surface area contributed by atoms with Gasteiger partial charge in [0.15, 0.2) is 0 Å². The lowest BCUT2D eigenvalue weighted by Gasteiger charge is -2.19. The van der Waals surface area contributed by atoms with Crippen LogP contribution in [0.2, 0.25) is 0 Å². The number of aliphatic hydroxyl groups is 1. The normalized spacial score (nSPS) is 19.3. The van der Waals surface area contributed by atoms with Crippen molar-refractivity contribution in [3.8, 4) is 0 Å². The second-order valence-electron chi connectivity index (χ2n) is 4.98. The molecule has 0 aliphatic carbocycles. The predicted molar refractivity (Wildman–Crippen MR) is 75.9 cm³/mol. The van der Waals surface area contributed by atoms with Crippen molar-refractivity contribution in [3.63, 3.8) is 0 Å². The molecule has 0 radical (unpaired) electrons. The minimum Gasteiger partial charge on any atom is -0.398 e. The maximum Gasteiger partial charge on any atom is 0.227 e. The van der Waals surface area contributed by atoms with Crippen molar-refractivity contribution >= 4 is 28.1 Å². The van der Waals surface area contributed by atoms with Crippen LogP contribution in [-0.2, 0) is 4.79 Å². The quantitative estimate of drug-likeness (QED) is 0.805. The van der Waals surface area contributed by atoms with E-state index in [9.17, 15) is 9.90 Å². The van der Waals surface area contributed by atoms with Gasteiger partial charge < -0.3 is 15.7 Å². The molecule has 1 aliphatic heterocycles. The minimum absolute atomic E-state index is 0.0210. The van der Waals surface area contributed by atoms with Crippen LogP contribution < -0.4 is 10.6 Å². The van der Waals surface area contributed by atoms with E-state index in [1.807, 2.05) is 36.4 Å². The van der Waals surface area contributed by atoms with E-state index in [1.165, 1.54) is 0 Å². The highest BCUT2D eigenvalue weighted by Gasteiger charge is 2.31. The maximum atomic E-state index is 12.1. The molecule has 4 nitrogen and oxygen atoms in total. The van der Waals surface area contributed by atoms with Gasteiger partial charge in [-0.2, -0.15) is 0 Å². The van der Waals surface area contributed by atoms with Gasteiger partial charge in [0.25, 0.3) is 0 Å². The molecule has 0 aromatic heterocycles. The van der Waals surface area contributed by atoms with Crippen LogP contribution in [0.5, 0.6) is 0 Å². The van der Waals surface area contributed by atoms with Crippen LogP contribution in [-0.4, -0.2) is 24.2 Å². The number of benzene rings is 2. The average Bonchev–Trinajstić information content (AvgIpc) is 2.80. The molecule has 2 aromatic carbocycles. The number of nitrogens with two attached hydrogens (primary N) is 1. The molecule has 3 N–H and O–H groups in total. The highest BCUT2D eigenvalue weighted by molar-refractivity contribution is 6.09. The summed E-state index contributed by atoms with van der Waals surface area (Å²) in [5.74, 6) is 0.0718. The fourth-order valence-electron chi connectivity index (χ4n) is 2.71. The van der Waals surface area contributed by atoms with Gasteiger partial charge in [0.1, 0.15) is 0 Å². The number of nitrogen functional groups attached to an aromatic ring is 1. The predicted octanol–water partition coefficient (Wildman–Crippen LogP) is 1.77. The second kappa shape index (κ2) is 4.55. The van der Waals surface area contributed by atoms with Crippen molar-refractivity contribution in [2.45, 2.75) is 6.42 Å². The average molecular weight is 256 g/mol.